The highest BCUT2D eigenvalue weighted by Crippen LogP contribution is 2.48. The number of benzene rings is 1. The number of thioether (sulfide) groups is 1. The van der Waals surface area contributed by atoms with E-state index >= 15 is 0 Å². The first-order chi connectivity index (χ1) is 14.2. The van der Waals surface area contributed by atoms with E-state index in [0.717, 1.165) is 43.4 Å². The van der Waals surface area contributed by atoms with Gasteiger partial charge in [-0.05, 0) is 82.4 Å². The Morgan fingerprint density at radius 3 is 2.40 bits per heavy atom. The van der Waals surface area contributed by atoms with Crippen LogP contribution in [0.3, 0.4) is 0 Å². The van der Waals surface area contributed by atoms with E-state index in [0.29, 0.717) is 24.2 Å². The quantitative estimate of drug-likeness (QED) is 0.530. The van der Waals surface area contributed by atoms with E-state index in [1.807, 2.05) is 25.7 Å². The highest BCUT2D eigenvalue weighted by Gasteiger charge is 2.44. The molecule has 0 radical (unpaired) electrons. The summed E-state index contributed by atoms with van der Waals surface area (Å²) in [5, 5.41) is 0. The number of likely N-dealkylation sites (tertiary alicyclic amines) is 1. The summed E-state index contributed by atoms with van der Waals surface area (Å²) in [7, 11) is 0. The average Bonchev–Trinajstić information content (AvgIpc) is 3.46. The minimum absolute atomic E-state index is 0.178. The number of ketones is 1. The molecule has 0 aromatic heterocycles. The summed E-state index contributed by atoms with van der Waals surface area (Å²) < 4.78 is 11.5. The second-order valence-electron chi connectivity index (χ2n) is 9.61. The molecule has 2 fully saturated rings. The third-order valence-electron chi connectivity index (χ3n) is 5.74. The fourth-order valence-corrected chi connectivity index (χ4v) is 4.77. The second kappa shape index (κ2) is 10.2. The molecule has 5 nitrogen and oxygen atoms in total. The Morgan fingerprint density at radius 2 is 1.80 bits per heavy atom. The van der Waals surface area contributed by atoms with Crippen molar-refractivity contribution in [1.82, 2.24) is 4.90 Å². The standard InChI is InChI=1S/C24H35NO4S/c1-17(26)16-30-21-7-5-18(6-8-21)14-28-15-20-13-22(20)19-9-11-25(12-10-19)23(27)29-24(2,3)4/h5-8,19-20,22H,9-16H2,1-4H3/t20-,22+/m0/s1. The van der Waals surface area contributed by atoms with Gasteiger partial charge >= 0.3 is 6.09 Å². The van der Waals surface area contributed by atoms with Crippen LogP contribution in [0.2, 0.25) is 0 Å². The summed E-state index contributed by atoms with van der Waals surface area (Å²) in [5.74, 6) is 2.83. The van der Waals surface area contributed by atoms with E-state index in [2.05, 4.69) is 24.3 Å². The Balaban J connectivity index is 1.31. The third-order valence-corrected chi connectivity index (χ3v) is 6.90. The number of carbonyl (C=O) groups is 2. The first kappa shape index (κ1) is 23.1. The van der Waals surface area contributed by atoms with Crippen molar-refractivity contribution < 1.29 is 19.1 Å². The maximum atomic E-state index is 12.2. The van der Waals surface area contributed by atoms with Crippen molar-refractivity contribution in [2.75, 3.05) is 25.4 Å². The smallest absolute Gasteiger partial charge is 0.410 e. The Bertz CT molecular complexity index is 720. The lowest BCUT2D eigenvalue weighted by Crippen LogP contribution is -2.42. The molecule has 1 saturated heterocycles. The predicted octanol–water partition coefficient (Wildman–Crippen LogP) is 5.17. The van der Waals surface area contributed by atoms with Crippen LogP contribution in [0.1, 0.15) is 52.5 Å². The first-order valence-corrected chi connectivity index (χ1v) is 12.0. The molecule has 1 aromatic carbocycles. The van der Waals surface area contributed by atoms with Crippen LogP contribution in [0.5, 0.6) is 0 Å². The van der Waals surface area contributed by atoms with Crippen LogP contribution in [0, 0.1) is 17.8 Å². The van der Waals surface area contributed by atoms with E-state index in [1.54, 1.807) is 18.7 Å². The lowest BCUT2D eigenvalue weighted by atomic mass is 9.91. The highest BCUT2D eigenvalue weighted by molar-refractivity contribution is 8.00. The summed E-state index contributed by atoms with van der Waals surface area (Å²) in [4.78, 5) is 26.2. The summed E-state index contributed by atoms with van der Waals surface area (Å²) in [6.07, 6.45) is 3.21. The van der Waals surface area contributed by atoms with Crippen LogP contribution in [-0.4, -0.2) is 47.8 Å². The van der Waals surface area contributed by atoms with Gasteiger partial charge in [-0.25, -0.2) is 4.79 Å². The van der Waals surface area contributed by atoms with Crippen LogP contribution in [0.15, 0.2) is 29.2 Å². The Kier molecular flexibility index (Phi) is 7.86. The van der Waals surface area contributed by atoms with Crippen molar-refractivity contribution in [3.05, 3.63) is 29.8 Å². The fourth-order valence-electron chi connectivity index (χ4n) is 4.07. The Morgan fingerprint density at radius 1 is 1.13 bits per heavy atom. The molecule has 1 aromatic rings. The maximum absolute atomic E-state index is 12.2. The van der Waals surface area contributed by atoms with Crippen molar-refractivity contribution in [2.24, 2.45) is 17.8 Å². The number of carbonyl (C=O) groups excluding carboxylic acids is 2. The van der Waals surface area contributed by atoms with Crippen molar-refractivity contribution in [3.63, 3.8) is 0 Å². The van der Waals surface area contributed by atoms with E-state index in [4.69, 9.17) is 9.47 Å². The summed E-state index contributed by atoms with van der Waals surface area (Å²) >= 11 is 1.57. The van der Waals surface area contributed by atoms with Gasteiger partial charge in [0.25, 0.3) is 0 Å². The molecule has 1 heterocycles. The van der Waals surface area contributed by atoms with Crippen LogP contribution < -0.4 is 0 Å². The SMILES string of the molecule is CC(=O)CSc1ccc(COC[C@@H]2C[C@@H]2C2CCN(C(=O)OC(C)(C)C)CC2)cc1. The van der Waals surface area contributed by atoms with Crippen molar-refractivity contribution in [2.45, 2.75) is 64.1 Å². The maximum Gasteiger partial charge on any atom is 0.410 e. The Labute approximate surface area is 184 Å². The normalized spacial score (nSPS) is 22.1. The molecule has 0 spiro atoms. The monoisotopic (exact) mass is 433 g/mol. The average molecular weight is 434 g/mol. The number of hydrogen-bond acceptors (Lipinski definition) is 5. The molecule has 1 saturated carbocycles. The number of rotatable bonds is 8. The molecule has 1 aliphatic heterocycles. The van der Waals surface area contributed by atoms with Crippen molar-refractivity contribution in [1.29, 1.82) is 0 Å². The topological polar surface area (TPSA) is 55.8 Å². The zero-order chi connectivity index (χ0) is 21.7. The Hall–Kier alpha value is -1.53. The van der Waals surface area contributed by atoms with Gasteiger partial charge in [-0.1, -0.05) is 12.1 Å². The van der Waals surface area contributed by atoms with Gasteiger partial charge in [0, 0.05) is 18.0 Å². The van der Waals surface area contributed by atoms with Crippen LogP contribution >= 0.6 is 11.8 Å². The molecule has 2 atom stereocenters. The lowest BCUT2D eigenvalue weighted by Gasteiger charge is -2.33. The van der Waals surface area contributed by atoms with Crippen molar-refractivity contribution >= 4 is 23.6 Å². The van der Waals surface area contributed by atoms with Gasteiger partial charge < -0.3 is 14.4 Å². The van der Waals surface area contributed by atoms with Crippen LogP contribution in [-0.2, 0) is 20.9 Å². The minimum atomic E-state index is -0.430. The zero-order valence-electron chi connectivity index (χ0n) is 18.7. The number of Topliss-reactive ketones (excluding diaryl/α,β-unsaturated/α-hetero) is 1. The number of piperidine rings is 1. The van der Waals surface area contributed by atoms with Crippen LogP contribution in [0.4, 0.5) is 4.79 Å². The van der Waals surface area contributed by atoms with Gasteiger partial charge in [-0.2, -0.15) is 0 Å². The van der Waals surface area contributed by atoms with Gasteiger partial charge in [0.05, 0.1) is 19.0 Å². The molecule has 1 amide bonds. The van der Waals surface area contributed by atoms with E-state index in [9.17, 15) is 9.59 Å². The van der Waals surface area contributed by atoms with Gasteiger partial charge in [-0.15, -0.1) is 11.8 Å². The summed E-state index contributed by atoms with van der Waals surface area (Å²) in [6, 6.07) is 8.29. The molecule has 0 unspecified atom stereocenters. The molecule has 3 rings (SSSR count). The third kappa shape index (κ3) is 7.31. The number of hydrogen-bond donors (Lipinski definition) is 0. The lowest BCUT2D eigenvalue weighted by molar-refractivity contribution is -0.114. The molecule has 6 heteroatoms. The molecule has 1 aliphatic carbocycles. The molecule has 30 heavy (non-hydrogen) atoms. The predicted molar refractivity (Wildman–Crippen MR) is 120 cm³/mol. The van der Waals surface area contributed by atoms with Crippen molar-refractivity contribution in [3.8, 4) is 0 Å². The van der Waals surface area contributed by atoms with E-state index in [-0.39, 0.29) is 11.9 Å². The second-order valence-corrected chi connectivity index (χ2v) is 10.7. The van der Waals surface area contributed by atoms with Gasteiger partial charge in [0.2, 0.25) is 0 Å². The molecular weight excluding hydrogens is 398 g/mol. The molecule has 2 aliphatic rings. The molecular formula is C24H35NO4S. The number of nitrogens with zero attached hydrogens (tertiary/aromatic N) is 1. The molecule has 0 N–H and O–H groups in total. The largest absolute Gasteiger partial charge is 0.444 e. The minimum Gasteiger partial charge on any atom is -0.444 e. The van der Waals surface area contributed by atoms with Crippen LogP contribution in [0.25, 0.3) is 0 Å². The van der Waals surface area contributed by atoms with Gasteiger partial charge in [0.1, 0.15) is 11.4 Å². The zero-order valence-corrected chi connectivity index (χ0v) is 19.5. The van der Waals surface area contributed by atoms with Gasteiger partial charge in [0.15, 0.2) is 0 Å². The number of ether oxygens (including phenoxy) is 2. The number of amides is 1. The fraction of sp³-hybridized carbons (Fsp3) is 0.667. The summed E-state index contributed by atoms with van der Waals surface area (Å²) in [6.45, 7) is 10.4. The molecule has 166 valence electrons. The highest BCUT2D eigenvalue weighted by atomic mass is 32.2. The summed E-state index contributed by atoms with van der Waals surface area (Å²) in [5.41, 5.74) is 0.741. The van der Waals surface area contributed by atoms with E-state index < -0.39 is 5.60 Å². The molecule has 0 bridgehead atoms. The first-order valence-electron chi connectivity index (χ1n) is 11.0. The van der Waals surface area contributed by atoms with Gasteiger partial charge in [-0.3, -0.25) is 4.79 Å². The van der Waals surface area contributed by atoms with E-state index in [1.165, 1.54) is 12.0 Å².